The predicted octanol–water partition coefficient (Wildman–Crippen LogP) is 6.43. The second kappa shape index (κ2) is 20.0. The number of hydrogen-bond donors (Lipinski definition) is 1. The average molecular weight is 369 g/mol. The van der Waals surface area contributed by atoms with E-state index < -0.39 is 5.97 Å². The van der Waals surface area contributed by atoms with E-state index in [0.29, 0.717) is 19.4 Å². The van der Waals surface area contributed by atoms with Crippen molar-refractivity contribution in [2.45, 2.75) is 110 Å². The summed E-state index contributed by atoms with van der Waals surface area (Å²) in [5.41, 5.74) is 0. The molecule has 4 heteroatoms. The highest BCUT2D eigenvalue weighted by molar-refractivity contribution is 5.69. The summed E-state index contributed by atoms with van der Waals surface area (Å²) >= 11 is 0. The van der Waals surface area contributed by atoms with E-state index in [1.165, 1.54) is 51.4 Å². The first-order valence-electron chi connectivity index (χ1n) is 10.7. The Hall–Kier alpha value is -1.32. The smallest absolute Gasteiger partial charge is 0.306 e. The first-order valence-corrected chi connectivity index (χ1v) is 10.7. The summed E-state index contributed by atoms with van der Waals surface area (Å²) in [7, 11) is 0. The van der Waals surface area contributed by atoms with Crippen LogP contribution in [0.2, 0.25) is 0 Å². The lowest BCUT2D eigenvalue weighted by Gasteiger charge is -2.03. The van der Waals surface area contributed by atoms with Crippen molar-refractivity contribution in [3.05, 3.63) is 12.2 Å². The van der Waals surface area contributed by atoms with Crippen LogP contribution in [-0.4, -0.2) is 23.7 Å². The zero-order valence-corrected chi connectivity index (χ0v) is 16.8. The van der Waals surface area contributed by atoms with Crippen LogP contribution in [0.25, 0.3) is 0 Å². The molecule has 4 nitrogen and oxygen atoms in total. The number of esters is 1. The van der Waals surface area contributed by atoms with Gasteiger partial charge in [-0.1, -0.05) is 83.3 Å². The summed E-state index contributed by atoms with van der Waals surface area (Å²) in [4.78, 5) is 22.0. The molecule has 0 bridgehead atoms. The van der Waals surface area contributed by atoms with Crippen molar-refractivity contribution < 1.29 is 19.4 Å². The summed E-state index contributed by atoms with van der Waals surface area (Å²) in [6, 6.07) is 0. The fourth-order valence-corrected chi connectivity index (χ4v) is 2.87. The molecule has 0 aromatic rings. The number of carboxylic acid groups (broad SMARTS) is 1. The molecule has 26 heavy (non-hydrogen) atoms. The minimum atomic E-state index is -0.693. The number of carbonyl (C=O) groups is 2. The van der Waals surface area contributed by atoms with Gasteiger partial charge in [0.15, 0.2) is 0 Å². The van der Waals surface area contributed by atoms with E-state index in [2.05, 4.69) is 13.0 Å². The lowest BCUT2D eigenvalue weighted by atomic mass is 10.1. The standard InChI is InChI=1S/C22H40O4/c1-2-3-4-5-11-14-17-20-26-22(25)19-16-13-10-8-6-7-9-12-15-18-21(23)24/h14,17H,2-13,15-16,18-20H2,1H3,(H,23,24). The Bertz CT molecular complexity index is 363. The van der Waals surface area contributed by atoms with E-state index in [1.807, 2.05) is 6.08 Å². The molecule has 0 aliphatic rings. The zero-order valence-electron chi connectivity index (χ0n) is 16.8. The van der Waals surface area contributed by atoms with Gasteiger partial charge >= 0.3 is 11.9 Å². The van der Waals surface area contributed by atoms with Crippen LogP contribution in [0.5, 0.6) is 0 Å². The minimum Gasteiger partial charge on any atom is -0.481 e. The normalized spacial score (nSPS) is 11.1. The van der Waals surface area contributed by atoms with Gasteiger partial charge in [-0.25, -0.2) is 0 Å². The molecule has 0 aromatic carbocycles. The zero-order chi connectivity index (χ0) is 19.3. The number of unbranched alkanes of at least 4 members (excludes halogenated alkanes) is 12. The van der Waals surface area contributed by atoms with Gasteiger partial charge in [0, 0.05) is 12.8 Å². The fraction of sp³-hybridized carbons (Fsp3) is 0.818. The van der Waals surface area contributed by atoms with Crippen LogP contribution in [0.3, 0.4) is 0 Å². The Morgan fingerprint density at radius 2 is 1.27 bits per heavy atom. The third kappa shape index (κ3) is 20.7. The molecule has 0 unspecified atom stereocenters. The molecule has 0 atom stereocenters. The average Bonchev–Trinajstić information content (AvgIpc) is 2.61. The molecule has 0 aliphatic heterocycles. The molecule has 0 aromatic heterocycles. The summed E-state index contributed by atoms with van der Waals surface area (Å²) in [6.07, 6.45) is 20.8. The molecule has 0 fully saturated rings. The Morgan fingerprint density at radius 1 is 0.731 bits per heavy atom. The Balaban J connectivity index is 3.24. The highest BCUT2D eigenvalue weighted by Gasteiger charge is 2.01. The number of aliphatic carboxylic acids is 1. The van der Waals surface area contributed by atoms with Gasteiger partial charge in [0.05, 0.1) is 0 Å². The van der Waals surface area contributed by atoms with E-state index in [9.17, 15) is 9.59 Å². The van der Waals surface area contributed by atoms with Crippen molar-refractivity contribution in [1.82, 2.24) is 0 Å². The Morgan fingerprint density at radius 3 is 1.85 bits per heavy atom. The second-order valence-corrected chi connectivity index (χ2v) is 7.08. The summed E-state index contributed by atoms with van der Waals surface area (Å²) in [5, 5.41) is 8.55. The van der Waals surface area contributed by atoms with Crippen LogP contribution in [0.1, 0.15) is 110 Å². The highest BCUT2D eigenvalue weighted by Crippen LogP contribution is 2.11. The van der Waals surface area contributed by atoms with E-state index >= 15 is 0 Å². The van der Waals surface area contributed by atoms with Crippen LogP contribution in [-0.2, 0) is 14.3 Å². The van der Waals surface area contributed by atoms with Crippen molar-refractivity contribution in [3.8, 4) is 0 Å². The molecule has 0 amide bonds. The van der Waals surface area contributed by atoms with E-state index in [-0.39, 0.29) is 5.97 Å². The molecular formula is C22H40O4. The molecule has 0 saturated carbocycles. The third-order valence-corrected chi connectivity index (χ3v) is 4.50. The number of hydrogen-bond acceptors (Lipinski definition) is 3. The summed E-state index contributed by atoms with van der Waals surface area (Å²) in [6.45, 7) is 2.62. The van der Waals surface area contributed by atoms with Gasteiger partial charge in [-0.05, 0) is 25.7 Å². The van der Waals surface area contributed by atoms with Crippen LogP contribution in [0.4, 0.5) is 0 Å². The third-order valence-electron chi connectivity index (χ3n) is 4.50. The van der Waals surface area contributed by atoms with Crippen LogP contribution in [0, 0.1) is 0 Å². The Kier molecular flexibility index (Phi) is 19.0. The van der Waals surface area contributed by atoms with Crippen molar-refractivity contribution in [2.75, 3.05) is 6.61 Å². The second-order valence-electron chi connectivity index (χ2n) is 7.08. The quantitative estimate of drug-likeness (QED) is 0.162. The maximum atomic E-state index is 11.6. The van der Waals surface area contributed by atoms with Crippen molar-refractivity contribution >= 4 is 11.9 Å². The van der Waals surface area contributed by atoms with E-state index in [0.717, 1.165) is 38.5 Å². The molecule has 0 aliphatic carbocycles. The largest absolute Gasteiger partial charge is 0.481 e. The maximum absolute atomic E-state index is 11.6. The molecular weight excluding hydrogens is 328 g/mol. The molecule has 0 spiro atoms. The SMILES string of the molecule is CCCCCCC=CCOC(=O)CCCCCCCCCCCC(=O)O. The van der Waals surface area contributed by atoms with Gasteiger partial charge in [0.2, 0.25) is 0 Å². The summed E-state index contributed by atoms with van der Waals surface area (Å²) < 4.78 is 5.20. The molecule has 0 rings (SSSR count). The van der Waals surface area contributed by atoms with Crippen LogP contribution >= 0.6 is 0 Å². The van der Waals surface area contributed by atoms with Gasteiger partial charge in [0.25, 0.3) is 0 Å². The fourth-order valence-electron chi connectivity index (χ4n) is 2.87. The van der Waals surface area contributed by atoms with Gasteiger partial charge in [-0.3, -0.25) is 9.59 Å². The number of carbonyl (C=O) groups excluding carboxylic acids is 1. The maximum Gasteiger partial charge on any atom is 0.306 e. The van der Waals surface area contributed by atoms with E-state index in [1.54, 1.807) is 0 Å². The lowest BCUT2D eigenvalue weighted by Crippen LogP contribution is -2.03. The molecule has 1 N–H and O–H groups in total. The van der Waals surface area contributed by atoms with E-state index in [4.69, 9.17) is 9.84 Å². The summed E-state index contributed by atoms with van der Waals surface area (Å²) in [5.74, 6) is -0.777. The molecule has 0 heterocycles. The Labute approximate surface area is 160 Å². The van der Waals surface area contributed by atoms with Crippen LogP contribution < -0.4 is 0 Å². The van der Waals surface area contributed by atoms with Crippen molar-refractivity contribution in [2.24, 2.45) is 0 Å². The minimum absolute atomic E-state index is 0.0842. The molecule has 152 valence electrons. The van der Waals surface area contributed by atoms with Gasteiger partial charge in [0.1, 0.15) is 6.61 Å². The molecule has 0 radical (unpaired) electrons. The lowest BCUT2D eigenvalue weighted by molar-refractivity contribution is -0.142. The van der Waals surface area contributed by atoms with Crippen molar-refractivity contribution in [3.63, 3.8) is 0 Å². The topological polar surface area (TPSA) is 63.6 Å². The van der Waals surface area contributed by atoms with Crippen LogP contribution in [0.15, 0.2) is 12.2 Å². The van der Waals surface area contributed by atoms with Gasteiger partial charge in [-0.15, -0.1) is 0 Å². The van der Waals surface area contributed by atoms with Gasteiger partial charge in [-0.2, -0.15) is 0 Å². The number of allylic oxidation sites excluding steroid dienone is 1. The van der Waals surface area contributed by atoms with Gasteiger partial charge < -0.3 is 9.84 Å². The number of ether oxygens (including phenoxy) is 1. The first kappa shape index (κ1) is 24.7. The monoisotopic (exact) mass is 368 g/mol. The number of carboxylic acids is 1. The highest BCUT2D eigenvalue weighted by atomic mass is 16.5. The van der Waals surface area contributed by atoms with Crippen molar-refractivity contribution in [1.29, 1.82) is 0 Å². The molecule has 0 saturated heterocycles. The number of rotatable bonds is 19. The first-order chi connectivity index (χ1) is 12.7. The predicted molar refractivity (Wildman–Crippen MR) is 107 cm³/mol.